The molecule has 2 aliphatic rings. The molecule has 0 unspecified atom stereocenters. The summed E-state index contributed by atoms with van der Waals surface area (Å²) in [6.45, 7) is 0. The van der Waals surface area contributed by atoms with Gasteiger partial charge in [0.2, 0.25) is 0 Å². The van der Waals surface area contributed by atoms with Crippen LogP contribution in [0.4, 0.5) is 17.1 Å². The third-order valence-electron chi connectivity index (χ3n) is 10.2. The fourth-order valence-electron chi connectivity index (χ4n) is 8.19. The normalized spacial score (nSPS) is 13.2. The highest BCUT2D eigenvalue weighted by molar-refractivity contribution is 5.99. The molecule has 232 valence electrons. The summed E-state index contributed by atoms with van der Waals surface area (Å²) in [5.41, 5.74) is 14.2. The first-order chi connectivity index (χ1) is 24.7. The summed E-state index contributed by atoms with van der Waals surface area (Å²) >= 11 is 0. The molecule has 0 amide bonds. The molecule has 7 aromatic carbocycles. The highest BCUT2D eigenvalue weighted by atomic mass is 15.2. The Morgan fingerprint density at radius 2 is 0.860 bits per heavy atom. The second-order valence-electron chi connectivity index (χ2n) is 12.7. The van der Waals surface area contributed by atoms with Crippen LogP contribution in [-0.2, 0) is 5.41 Å². The highest BCUT2D eigenvalue weighted by Crippen LogP contribution is 2.62. The number of hydrogen-bond donors (Lipinski definition) is 0. The van der Waals surface area contributed by atoms with Crippen LogP contribution in [0.2, 0.25) is 0 Å². The van der Waals surface area contributed by atoms with Gasteiger partial charge in [0.15, 0.2) is 0 Å². The van der Waals surface area contributed by atoms with Gasteiger partial charge in [0.1, 0.15) is 17.7 Å². The Morgan fingerprint density at radius 3 is 1.44 bits per heavy atom. The van der Waals surface area contributed by atoms with E-state index < -0.39 is 5.41 Å². The van der Waals surface area contributed by atoms with Crippen molar-refractivity contribution in [1.82, 2.24) is 0 Å². The largest absolute Gasteiger partial charge is 0.310 e. The van der Waals surface area contributed by atoms with Crippen LogP contribution in [0.5, 0.6) is 0 Å². The molecule has 1 heterocycles. The fraction of sp³-hybridized carbons (Fsp3) is 0.0213. The van der Waals surface area contributed by atoms with Gasteiger partial charge in [-0.25, -0.2) is 0 Å². The Morgan fingerprint density at radius 1 is 0.420 bits per heavy atom. The van der Waals surface area contributed by atoms with Crippen LogP contribution in [0.15, 0.2) is 181 Å². The lowest BCUT2D eigenvalue weighted by Gasteiger charge is -2.49. The zero-order valence-corrected chi connectivity index (χ0v) is 27.1. The molecular formula is C47H29N3. The van der Waals surface area contributed by atoms with Crippen molar-refractivity contribution in [2.45, 2.75) is 5.41 Å². The molecule has 50 heavy (non-hydrogen) atoms. The lowest BCUT2D eigenvalue weighted by molar-refractivity contribution is 0.718. The topological polar surface area (TPSA) is 50.8 Å². The van der Waals surface area contributed by atoms with E-state index >= 15 is 0 Å². The second kappa shape index (κ2) is 11.6. The molecule has 1 aliphatic heterocycles. The van der Waals surface area contributed by atoms with Crippen LogP contribution in [-0.4, -0.2) is 0 Å². The number of rotatable bonds is 3. The minimum atomic E-state index is -0.696. The molecule has 9 rings (SSSR count). The number of nitrogens with zero attached hydrogens (tertiary/aromatic N) is 3. The van der Waals surface area contributed by atoms with E-state index in [4.69, 9.17) is 0 Å². The summed E-state index contributed by atoms with van der Waals surface area (Å²) in [5.74, 6) is 0. The number of fused-ring (bicyclic) bond motifs is 8. The van der Waals surface area contributed by atoms with Crippen molar-refractivity contribution in [2.75, 3.05) is 4.90 Å². The first kappa shape index (κ1) is 29.2. The molecule has 0 aromatic heterocycles. The SMILES string of the molecule is N#CC(C#N)=C1c2ccccc2C2(c3ccccc31)c1ccccc1N(c1cccc(-c3cccc(-c4ccccc4)c3)c1)c1ccccc12. The number of benzene rings is 7. The average Bonchev–Trinajstić information content (AvgIpc) is 3.19. The quantitative estimate of drug-likeness (QED) is 0.182. The maximum atomic E-state index is 10.1. The van der Waals surface area contributed by atoms with Gasteiger partial charge in [-0.2, -0.15) is 10.5 Å². The maximum Gasteiger partial charge on any atom is 0.138 e. The lowest BCUT2D eigenvalue weighted by atomic mass is 9.56. The van der Waals surface area contributed by atoms with Crippen molar-refractivity contribution in [3.05, 3.63) is 215 Å². The predicted octanol–water partition coefficient (Wildman–Crippen LogP) is 11.3. The first-order valence-electron chi connectivity index (χ1n) is 16.7. The van der Waals surface area contributed by atoms with E-state index in [9.17, 15) is 10.5 Å². The number of allylic oxidation sites excluding steroid dienone is 1. The molecule has 0 fully saturated rings. The average molecular weight is 636 g/mol. The van der Waals surface area contributed by atoms with Gasteiger partial charge in [-0.1, -0.05) is 146 Å². The molecule has 1 spiro atoms. The Balaban J connectivity index is 1.30. The summed E-state index contributed by atoms with van der Waals surface area (Å²) in [7, 11) is 0. The van der Waals surface area contributed by atoms with Gasteiger partial charge in [0.25, 0.3) is 0 Å². The molecule has 3 nitrogen and oxygen atoms in total. The van der Waals surface area contributed by atoms with Gasteiger partial charge in [-0.15, -0.1) is 0 Å². The van der Waals surface area contributed by atoms with Gasteiger partial charge < -0.3 is 4.90 Å². The smallest absolute Gasteiger partial charge is 0.138 e. The molecule has 0 saturated heterocycles. The lowest BCUT2D eigenvalue weighted by Crippen LogP contribution is -2.40. The zero-order valence-electron chi connectivity index (χ0n) is 27.1. The van der Waals surface area contributed by atoms with Crippen LogP contribution >= 0.6 is 0 Å². The van der Waals surface area contributed by atoms with Crippen LogP contribution in [0, 0.1) is 22.7 Å². The summed E-state index contributed by atoms with van der Waals surface area (Å²) < 4.78 is 0. The Hall–Kier alpha value is -6.94. The van der Waals surface area contributed by atoms with E-state index in [1.807, 2.05) is 18.2 Å². The molecule has 0 N–H and O–H groups in total. The van der Waals surface area contributed by atoms with Crippen LogP contribution in [0.3, 0.4) is 0 Å². The Labute approximate surface area is 291 Å². The van der Waals surface area contributed by atoms with Crippen molar-refractivity contribution in [3.8, 4) is 34.4 Å². The van der Waals surface area contributed by atoms with Gasteiger partial charge in [0, 0.05) is 11.3 Å². The number of hydrogen-bond acceptors (Lipinski definition) is 3. The van der Waals surface area contributed by atoms with Gasteiger partial charge in [0.05, 0.1) is 16.8 Å². The van der Waals surface area contributed by atoms with E-state index in [0.717, 1.165) is 61.6 Å². The van der Waals surface area contributed by atoms with Crippen LogP contribution in [0.1, 0.15) is 33.4 Å². The Bertz CT molecular complexity index is 2470. The van der Waals surface area contributed by atoms with E-state index in [1.54, 1.807) is 0 Å². The van der Waals surface area contributed by atoms with Gasteiger partial charge in [-0.05, 0) is 86.0 Å². The van der Waals surface area contributed by atoms with Gasteiger partial charge >= 0.3 is 0 Å². The van der Waals surface area contributed by atoms with E-state index in [0.29, 0.717) is 5.57 Å². The monoisotopic (exact) mass is 635 g/mol. The first-order valence-corrected chi connectivity index (χ1v) is 16.7. The van der Waals surface area contributed by atoms with E-state index in [2.05, 4.69) is 175 Å². The maximum absolute atomic E-state index is 10.1. The summed E-state index contributed by atoms with van der Waals surface area (Å²) in [5, 5.41) is 20.3. The molecular weight excluding hydrogens is 607 g/mol. The molecule has 3 heteroatoms. The van der Waals surface area contributed by atoms with Crippen molar-refractivity contribution in [2.24, 2.45) is 0 Å². The predicted molar refractivity (Wildman–Crippen MR) is 201 cm³/mol. The van der Waals surface area contributed by atoms with Gasteiger partial charge in [-0.3, -0.25) is 0 Å². The molecule has 0 atom stereocenters. The van der Waals surface area contributed by atoms with Crippen molar-refractivity contribution < 1.29 is 0 Å². The minimum Gasteiger partial charge on any atom is -0.310 e. The van der Waals surface area contributed by atoms with Crippen molar-refractivity contribution in [3.63, 3.8) is 0 Å². The summed E-state index contributed by atoms with van der Waals surface area (Å²) in [6, 6.07) is 66.3. The Kier molecular flexibility index (Phi) is 6.80. The van der Waals surface area contributed by atoms with Crippen LogP contribution < -0.4 is 4.90 Å². The number of nitriles is 2. The zero-order chi connectivity index (χ0) is 33.7. The minimum absolute atomic E-state index is 0.118. The molecule has 7 aromatic rings. The van der Waals surface area contributed by atoms with E-state index in [1.165, 1.54) is 11.1 Å². The second-order valence-corrected chi connectivity index (χ2v) is 12.7. The third-order valence-corrected chi connectivity index (χ3v) is 10.2. The molecule has 0 radical (unpaired) electrons. The molecule has 0 saturated carbocycles. The van der Waals surface area contributed by atoms with Crippen molar-refractivity contribution >= 4 is 22.6 Å². The number of anilines is 3. The molecule has 0 bridgehead atoms. The fourth-order valence-corrected chi connectivity index (χ4v) is 8.19. The summed E-state index contributed by atoms with van der Waals surface area (Å²) in [4.78, 5) is 2.38. The number of para-hydroxylation sites is 2. The summed E-state index contributed by atoms with van der Waals surface area (Å²) in [6.07, 6.45) is 0. The van der Waals surface area contributed by atoms with Crippen molar-refractivity contribution in [1.29, 1.82) is 10.5 Å². The third kappa shape index (κ3) is 4.21. The highest BCUT2D eigenvalue weighted by Gasteiger charge is 2.51. The molecule has 1 aliphatic carbocycles. The van der Waals surface area contributed by atoms with Crippen LogP contribution in [0.25, 0.3) is 27.8 Å². The standard InChI is InChI=1S/C47H29N3/c48-30-36(31-49)46-38-20-4-6-22-40(38)47(41-23-7-5-21-39(41)46)42-24-8-10-26-44(42)50(45-27-11-9-25-43(45)47)37-19-13-18-35(29-37)34-17-12-16-33(28-34)32-14-2-1-3-15-32/h1-29H. The van der Waals surface area contributed by atoms with E-state index in [-0.39, 0.29) is 5.57 Å².